The van der Waals surface area contributed by atoms with Gasteiger partial charge in [0.15, 0.2) is 17.2 Å². The molecule has 0 amide bonds. The van der Waals surface area contributed by atoms with Crippen molar-refractivity contribution in [2.24, 2.45) is 5.41 Å². The van der Waals surface area contributed by atoms with Crippen LogP contribution in [0.4, 0.5) is 27.5 Å². The lowest BCUT2D eigenvalue weighted by Crippen LogP contribution is -2.61. The number of anilines is 4. The quantitative estimate of drug-likeness (QED) is 0.383. The van der Waals surface area contributed by atoms with Crippen LogP contribution in [0.3, 0.4) is 0 Å². The van der Waals surface area contributed by atoms with Crippen LogP contribution < -0.4 is 15.5 Å². The highest BCUT2D eigenvalue weighted by Crippen LogP contribution is 2.44. The normalized spacial score (nSPS) is 19.4. The molecule has 4 heterocycles. The molecule has 11 nitrogen and oxygen atoms in total. The van der Waals surface area contributed by atoms with E-state index in [-0.39, 0.29) is 17.1 Å². The molecule has 39 heavy (non-hydrogen) atoms. The van der Waals surface area contributed by atoms with Crippen molar-refractivity contribution in [2.45, 2.75) is 37.8 Å². The Morgan fingerprint density at radius 3 is 2.64 bits per heavy atom. The first-order chi connectivity index (χ1) is 18.9. The highest BCUT2D eigenvalue weighted by atomic mass is 35.5. The first-order valence-electron chi connectivity index (χ1n) is 13.0. The zero-order valence-electron chi connectivity index (χ0n) is 21.2. The SMILES string of the molecule is N#Cc1cc(Nc2nc(NC3CC3)c3ncc(C#N)n3n2)c(Cl)c(N2CCC3(CC2)CN(CC(O)CF)C3)c1. The fourth-order valence-electron chi connectivity index (χ4n) is 5.56. The number of fused-ring (bicyclic) bond motifs is 1. The van der Waals surface area contributed by atoms with E-state index >= 15 is 0 Å². The molecule has 1 atom stereocenters. The van der Waals surface area contributed by atoms with E-state index in [0.717, 1.165) is 57.5 Å². The maximum absolute atomic E-state index is 12.7. The lowest BCUT2D eigenvalue weighted by Gasteiger charge is -2.54. The zero-order chi connectivity index (χ0) is 27.1. The molecule has 1 aliphatic carbocycles. The number of β-amino-alcohol motifs (C(OH)–C–C–N with tert-alkyl or cyclic N) is 1. The van der Waals surface area contributed by atoms with Gasteiger partial charge in [0, 0.05) is 38.8 Å². The van der Waals surface area contributed by atoms with E-state index in [2.05, 4.69) is 47.6 Å². The van der Waals surface area contributed by atoms with E-state index in [1.54, 1.807) is 12.1 Å². The number of nitriles is 2. The number of imidazole rings is 1. The van der Waals surface area contributed by atoms with Gasteiger partial charge in [-0.25, -0.2) is 9.37 Å². The van der Waals surface area contributed by atoms with Crippen LogP contribution in [-0.2, 0) is 0 Å². The Hall–Kier alpha value is -3.71. The Bertz CT molecular complexity index is 1480. The molecule has 3 aromatic rings. The molecule has 0 radical (unpaired) electrons. The predicted molar refractivity (Wildman–Crippen MR) is 144 cm³/mol. The van der Waals surface area contributed by atoms with Crippen LogP contribution in [0.25, 0.3) is 5.65 Å². The molecule has 0 bridgehead atoms. The number of aromatic nitrogens is 4. The lowest BCUT2D eigenvalue weighted by molar-refractivity contribution is -0.0449. The maximum Gasteiger partial charge on any atom is 0.247 e. The first kappa shape index (κ1) is 25.6. The molecule has 2 aromatic heterocycles. The summed E-state index contributed by atoms with van der Waals surface area (Å²) in [7, 11) is 0. The molecule has 13 heteroatoms. The van der Waals surface area contributed by atoms with Crippen molar-refractivity contribution >= 4 is 40.4 Å². The number of likely N-dealkylation sites (tertiary alicyclic amines) is 1. The van der Waals surface area contributed by atoms with E-state index in [1.165, 1.54) is 10.7 Å². The number of rotatable bonds is 8. The lowest BCUT2D eigenvalue weighted by atomic mass is 9.72. The van der Waals surface area contributed by atoms with Gasteiger partial charge in [0.25, 0.3) is 0 Å². The number of aliphatic hydroxyl groups excluding tert-OH is 1. The Labute approximate surface area is 229 Å². The number of nitrogens with one attached hydrogen (secondary N) is 2. The predicted octanol–water partition coefficient (Wildman–Crippen LogP) is 3.07. The average Bonchev–Trinajstić information content (AvgIpc) is 3.65. The minimum Gasteiger partial charge on any atom is -0.389 e. The molecule has 1 unspecified atom stereocenters. The highest BCUT2D eigenvalue weighted by molar-refractivity contribution is 6.36. The second-order valence-corrected chi connectivity index (χ2v) is 11.1. The van der Waals surface area contributed by atoms with Crippen LogP contribution in [0.2, 0.25) is 5.02 Å². The molecule has 3 fully saturated rings. The van der Waals surface area contributed by atoms with Crippen molar-refractivity contribution in [1.82, 2.24) is 24.5 Å². The summed E-state index contributed by atoms with van der Waals surface area (Å²) in [6.45, 7) is 2.89. The van der Waals surface area contributed by atoms with Crippen LogP contribution in [0.15, 0.2) is 18.3 Å². The number of aliphatic hydroxyl groups is 1. The van der Waals surface area contributed by atoms with Crippen LogP contribution >= 0.6 is 11.6 Å². The smallest absolute Gasteiger partial charge is 0.247 e. The second kappa shape index (κ2) is 10.1. The molecule has 3 aliphatic rings. The molecule has 2 aliphatic heterocycles. The molecule has 3 N–H and O–H groups in total. The summed E-state index contributed by atoms with van der Waals surface area (Å²) < 4.78 is 14.1. The van der Waals surface area contributed by atoms with Crippen LogP contribution in [0, 0.1) is 28.1 Å². The van der Waals surface area contributed by atoms with Gasteiger partial charge >= 0.3 is 0 Å². The van der Waals surface area contributed by atoms with Crippen LogP contribution in [0.5, 0.6) is 0 Å². The van der Waals surface area contributed by atoms with E-state index < -0.39 is 12.8 Å². The van der Waals surface area contributed by atoms with Crippen LogP contribution in [0.1, 0.15) is 36.9 Å². The number of piperidine rings is 1. The number of benzene rings is 1. The fourth-order valence-corrected chi connectivity index (χ4v) is 5.84. The summed E-state index contributed by atoms with van der Waals surface area (Å²) in [6, 6.07) is 8.09. The first-order valence-corrected chi connectivity index (χ1v) is 13.4. The van der Waals surface area contributed by atoms with Gasteiger partial charge in [-0.3, -0.25) is 4.90 Å². The van der Waals surface area contributed by atoms with Gasteiger partial charge in [0.1, 0.15) is 12.7 Å². The van der Waals surface area contributed by atoms with Gasteiger partial charge in [-0.15, -0.1) is 5.10 Å². The average molecular weight is 551 g/mol. The number of nitrogens with zero attached hydrogens (tertiary/aromatic N) is 8. The molecule has 1 saturated carbocycles. The third kappa shape index (κ3) is 5.03. The highest BCUT2D eigenvalue weighted by Gasteiger charge is 2.45. The minimum absolute atomic E-state index is 0.171. The summed E-state index contributed by atoms with van der Waals surface area (Å²) >= 11 is 6.90. The number of halogens is 2. The van der Waals surface area contributed by atoms with Crippen molar-refractivity contribution in [3.05, 3.63) is 34.6 Å². The Morgan fingerprint density at radius 2 is 1.97 bits per heavy atom. The van der Waals surface area contributed by atoms with Crippen molar-refractivity contribution in [2.75, 3.05) is 54.9 Å². The monoisotopic (exact) mass is 550 g/mol. The molecular formula is C26H28ClFN10O. The molecule has 202 valence electrons. The second-order valence-electron chi connectivity index (χ2n) is 10.8. The summed E-state index contributed by atoms with van der Waals surface area (Å²) in [4.78, 5) is 13.2. The van der Waals surface area contributed by atoms with E-state index in [9.17, 15) is 20.0 Å². The Balaban J connectivity index is 1.23. The summed E-state index contributed by atoms with van der Waals surface area (Å²) in [5.74, 6) is 0.755. The number of hydrogen-bond donors (Lipinski definition) is 3. The van der Waals surface area contributed by atoms with Gasteiger partial charge in [-0.2, -0.15) is 20.0 Å². The molecule has 1 spiro atoms. The fraction of sp³-hybridized carbons (Fsp3) is 0.500. The van der Waals surface area contributed by atoms with Gasteiger partial charge in [-0.1, -0.05) is 11.6 Å². The van der Waals surface area contributed by atoms with Crippen molar-refractivity contribution in [3.8, 4) is 12.1 Å². The molecule has 2 saturated heterocycles. The largest absolute Gasteiger partial charge is 0.389 e. The van der Waals surface area contributed by atoms with Crippen molar-refractivity contribution < 1.29 is 9.50 Å². The Morgan fingerprint density at radius 1 is 1.21 bits per heavy atom. The van der Waals surface area contributed by atoms with Crippen LogP contribution in [-0.4, -0.2) is 81.1 Å². The van der Waals surface area contributed by atoms with Gasteiger partial charge in [-0.05, 0) is 43.2 Å². The number of alkyl halides is 1. The summed E-state index contributed by atoms with van der Waals surface area (Å²) in [5, 5.41) is 40.3. The minimum atomic E-state index is -0.925. The maximum atomic E-state index is 12.7. The zero-order valence-corrected chi connectivity index (χ0v) is 22.0. The third-order valence-electron chi connectivity index (χ3n) is 7.75. The van der Waals surface area contributed by atoms with E-state index in [1.807, 2.05) is 0 Å². The van der Waals surface area contributed by atoms with Crippen molar-refractivity contribution in [3.63, 3.8) is 0 Å². The van der Waals surface area contributed by atoms with E-state index in [4.69, 9.17) is 11.6 Å². The summed E-state index contributed by atoms with van der Waals surface area (Å²) in [5.41, 5.74) is 2.63. The molecular weight excluding hydrogens is 523 g/mol. The standard InChI is InChI=1S/C26H28ClFN10O/c27-22-20(33-25-34-23(32-17-1-2-17)24-31-12-18(11-30)38(24)35-25)7-16(10-29)8-21(22)37-5-3-26(4-6-37)14-36(15-26)13-19(39)9-28/h7-8,12,17,19,39H,1-6,9,13-15H2,(H2,32,33,34,35). The summed E-state index contributed by atoms with van der Waals surface area (Å²) in [6.07, 6.45) is 4.50. The van der Waals surface area contributed by atoms with Gasteiger partial charge in [0.05, 0.1) is 40.3 Å². The Kier molecular flexibility index (Phi) is 6.63. The van der Waals surface area contributed by atoms with Gasteiger partial charge in [0.2, 0.25) is 5.95 Å². The third-order valence-corrected chi connectivity index (χ3v) is 8.15. The molecule has 1 aromatic carbocycles. The van der Waals surface area contributed by atoms with E-state index in [0.29, 0.717) is 40.3 Å². The number of hydrogen-bond acceptors (Lipinski definition) is 10. The van der Waals surface area contributed by atoms with Gasteiger partial charge < -0.3 is 20.6 Å². The molecule has 6 rings (SSSR count). The topological polar surface area (TPSA) is 141 Å². The van der Waals surface area contributed by atoms with Crippen molar-refractivity contribution in [1.29, 1.82) is 10.5 Å².